The van der Waals surface area contributed by atoms with Crippen molar-refractivity contribution in [2.45, 2.75) is 78.8 Å². The molecule has 0 aromatic rings. The second-order valence-corrected chi connectivity index (χ2v) is 8.92. The van der Waals surface area contributed by atoms with Crippen LogP contribution in [0.15, 0.2) is 0 Å². The monoisotopic (exact) mass is 325 g/mol. The molecule has 0 saturated heterocycles. The Bertz CT molecular complexity index is 407. The lowest BCUT2D eigenvalue weighted by Gasteiger charge is -2.29. The molecule has 1 fully saturated rings. The Morgan fingerprint density at radius 3 is 2.13 bits per heavy atom. The smallest absolute Gasteiger partial charge is 0.224 e. The molecule has 23 heavy (non-hydrogen) atoms. The summed E-state index contributed by atoms with van der Waals surface area (Å²) in [6, 6.07) is 0.255. The molecule has 3 N–H and O–H groups in total. The fourth-order valence-electron chi connectivity index (χ4n) is 3.07. The van der Waals surface area contributed by atoms with E-state index < -0.39 is 0 Å². The molecule has 0 aromatic carbocycles. The zero-order chi connectivity index (χ0) is 17.7. The van der Waals surface area contributed by atoms with Crippen molar-refractivity contribution in [1.29, 1.82) is 0 Å². The second-order valence-electron chi connectivity index (χ2n) is 8.92. The molecule has 0 aromatic heterocycles. The van der Waals surface area contributed by atoms with Crippen molar-refractivity contribution in [3.63, 3.8) is 0 Å². The number of carbonyl (C=O) groups is 2. The fourth-order valence-corrected chi connectivity index (χ4v) is 3.07. The maximum atomic E-state index is 12.4. The molecule has 0 unspecified atom stereocenters. The van der Waals surface area contributed by atoms with Gasteiger partial charge in [-0.1, -0.05) is 27.2 Å². The number of hydrogen-bond donors (Lipinski definition) is 3. The van der Waals surface area contributed by atoms with E-state index in [-0.39, 0.29) is 34.7 Å². The number of rotatable bonds is 6. The third-order valence-corrected chi connectivity index (χ3v) is 3.91. The van der Waals surface area contributed by atoms with E-state index >= 15 is 0 Å². The van der Waals surface area contributed by atoms with E-state index in [1.54, 1.807) is 0 Å². The summed E-state index contributed by atoms with van der Waals surface area (Å²) >= 11 is 0. The number of nitrogens with one attached hydrogen (secondary N) is 3. The summed E-state index contributed by atoms with van der Waals surface area (Å²) in [7, 11) is 0. The van der Waals surface area contributed by atoms with Crippen LogP contribution in [-0.2, 0) is 9.59 Å². The van der Waals surface area contributed by atoms with Gasteiger partial charge in [-0.05, 0) is 39.0 Å². The van der Waals surface area contributed by atoms with Crippen molar-refractivity contribution in [3.05, 3.63) is 0 Å². The summed E-state index contributed by atoms with van der Waals surface area (Å²) in [6.07, 6.45) is 3.59. The Kier molecular flexibility index (Phi) is 7.05. The molecule has 1 aliphatic rings. The highest BCUT2D eigenvalue weighted by Crippen LogP contribution is 2.27. The first-order chi connectivity index (χ1) is 10.5. The van der Waals surface area contributed by atoms with E-state index in [0.29, 0.717) is 19.5 Å². The lowest BCUT2D eigenvalue weighted by molar-refractivity contribution is -0.126. The van der Waals surface area contributed by atoms with Crippen molar-refractivity contribution < 1.29 is 9.59 Å². The molecule has 5 nitrogen and oxygen atoms in total. The predicted molar refractivity (Wildman–Crippen MR) is 94.1 cm³/mol. The largest absolute Gasteiger partial charge is 0.354 e. The molecule has 2 atom stereocenters. The van der Waals surface area contributed by atoms with Gasteiger partial charge in [0.15, 0.2) is 0 Å². The Labute approximate surface area is 141 Å². The van der Waals surface area contributed by atoms with Crippen LogP contribution in [0.4, 0.5) is 0 Å². The quantitative estimate of drug-likeness (QED) is 0.656. The molecule has 1 aliphatic carbocycles. The normalized spacial score (nSPS) is 22.0. The standard InChI is InChI=1S/C18H35N3O2/c1-17(2,3)12-15(22)19-10-11-20-16(23)13-8-7-9-14(13)21-18(4,5)6/h13-14,21H,7-12H2,1-6H3,(H,19,22)(H,20,23)/t13-,14+/m1/s1. The van der Waals surface area contributed by atoms with Crippen molar-refractivity contribution in [2.24, 2.45) is 11.3 Å². The zero-order valence-electron chi connectivity index (χ0n) is 15.7. The molecule has 0 spiro atoms. The highest BCUT2D eigenvalue weighted by molar-refractivity contribution is 5.80. The Hall–Kier alpha value is -1.10. The van der Waals surface area contributed by atoms with E-state index in [1.165, 1.54) is 0 Å². The third-order valence-electron chi connectivity index (χ3n) is 3.91. The average molecular weight is 325 g/mol. The van der Waals surface area contributed by atoms with Gasteiger partial charge in [0.1, 0.15) is 0 Å². The number of hydrogen-bond acceptors (Lipinski definition) is 3. The van der Waals surface area contributed by atoms with Crippen LogP contribution in [0.25, 0.3) is 0 Å². The Morgan fingerprint density at radius 1 is 0.957 bits per heavy atom. The van der Waals surface area contributed by atoms with Crippen molar-refractivity contribution in [2.75, 3.05) is 13.1 Å². The van der Waals surface area contributed by atoms with E-state index in [1.807, 2.05) is 20.8 Å². The number of amides is 2. The first-order valence-corrected chi connectivity index (χ1v) is 8.80. The van der Waals surface area contributed by atoms with Gasteiger partial charge >= 0.3 is 0 Å². The van der Waals surface area contributed by atoms with Crippen LogP contribution >= 0.6 is 0 Å². The number of carbonyl (C=O) groups excluding carboxylic acids is 2. The molecule has 134 valence electrons. The molecule has 0 bridgehead atoms. The van der Waals surface area contributed by atoms with Crippen molar-refractivity contribution in [3.8, 4) is 0 Å². The third kappa shape index (κ3) is 8.35. The van der Waals surface area contributed by atoms with Gasteiger partial charge in [-0.25, -0.2) is 0 Å². The van der Waals surface area contributed by atoms with Gasteiger partial charge in [0.05, 0.1) is 5.92 Å². The minimum Gasteiger partial charge on any atom is -0.354 e. The lowest BCUT2D eigenvalue weighted by Crippen LogP contribution is -2.49. The van der Waals surface area contributed by atoms with Crippen LogP contribution in [0, 0.1) is 11.3 Å². The van der Waals surface area contributed by atoms with Crippen LogP contribution in [0.5, 0.6) is 0 Å². The molecule has 0 heterocycles. The SMILES string of the molecule is CC(C)(C)CC(=O)NCCNC(=O)[C@@H]1CCC[C@@H]1NC(C)(C)C. The van der Waals surface area contributed by atoms with Gasteiger partial charge < -0.3 is 16.0 Å². The predicted octanol–water partition coefficient (Wildman–Crippen LogP) is 2.21. The summed E-state index contributed by atoms with van der Waals surface area (Å²) in [5.41, 5.74) is 0.0114. The molecule has 5 heteroatoms. The Morgan fingerprint density at radius 2 is 1.57 bits per heavy atom. The summed E-state index contributed by atoms with van der Waals surface area (Å²) in [4.78, 5) is 24.1. The summed E-state index contributed by atoms with van der Waals surface area (Å²) < 4.78 is 0. The van der Waals surface area contributed by atoms with Gasteiger partial charge in [0, 0.05) is 31.1 Å². The van der Waals surface area contributed by atoms with Crippen molar-refractivity contribution in [1.82, 2.24) is 16.0 Å². The van der Waals surface area contributed by atoms with E-state index in [9.17, 15) is 9.59 Å². The topological polar surface area (TPSA) is 70.2 Å². The lowest BCUT2D eigenvalue weighted by atomic mass is 9.92. The summed E-state index contributed by atoms with van der Waals surface area (Å²) in [6.45, 7) is 13.5. The minimum absolute atomic E-state index is 0.0109. The zero-order valence-corrected chi connectivity index (χ0v) is 15.7. The van der Waals surface area contributed by atoms with Gasteiger partial charge in [-0.15, -0.1) is 0 Å². The van der Waals surface area contributed by atoms with Crippen molar-refractivity contribution >= 4 is 11.8 Å². The van der Waals surface area contributed by atoms with Gasteiger partial charge in [-0.3, -0.25) is 9.59 Å². The second kappa shape index (κ2) is 8.13. The van der Waals surface area contributed by atoms with Crippen LogP contribution in [0.2, 0.25) is 0 Å². The first-order valence-electron chi connectivity index (χ1n) is 8.80. The first kappa shape index (κ1) is 19.9. The van der Waals surface area contributed by atoms with Gasteiger partial charge in [-0.2, -0.15) is 0 Å². The van der Waals surface area contributed by atoms with Gasteiger partial charge in [0.25, 0.3) is 0 Å². The average Bonchev–Trinajstić information content (AvgIpc) is 2.78. The van der Waals surface area contributed by atoms with Crippen LogP contribution in [0.3, 0.4) is 0 Å². The molecule has 0 radical (unpaired) electrons. The van der Waals surface area contributed by atoms with Crippen LogP contribution in [-0.4, -0.2) is 36.5 Å². The molecule has 1 saturated carbocycles. The van der Waals surface area contributed by atoms with E-state index in [4.69, 9.17) is 0 Å². The molecule has 0 aliphatic heterocycles. The molecule has 2 amide bonds. The summed E-state index contributed by atoms with van der Waals surface area (Å²) in [5, 5.41) is 9.38. The van der Waals surface area contributed by atoms with E-state index in [0.717, 1.165) is 19.3 Å². The molecular formula is C18H35N3O2. The maximum absolute atomic E-state index is 12.4. The minimum atomic E-state index is -0.0109. The van der Waals surface area contributed by atoms with E-state index in [2.05, 4.69) is 36.7 Å². The highest BCUT2D eigenvalue weighted by atomic mass is 16.2. The van der Waals surface area contributed by atoms with Crippen LogP contribution in [0.1, 0.15) is 67.2 Å². The van der Waals surface area contributed by atoms with Crippen LogP contribution < -0.4 is 16.0 Å². The highest BCUT2D eigenvalue weighted by Gasteiger charge is 2.34. The fraction of sp³-hybridized carbons (Fsp3) is 0.889. The maximum Gasteiger partial charge on any atom is 0.224 e. The summed E-state index contributed by atoms with van der Waals surface area (Å²) in [5.74, 6) is 0.189. The Balaban J connectivity index is 2.29. The molecular weight excluding hydrogens is 290 g/mol. The van der Waals surface area contributed by atoms with Gasteiger partial charge in [0.2, 0.25) is 11.8 Å². The molecule has 1 rings (SSSR count).